The maximum atomic E-state index is 6.10. The van der Waals surface area contributed by atoms with Crippen molar-refractivity contribution in [3.05, 3.63) is 63.1 Å². The van der Waals surface area contributed by atoms with Gasteiger partial charge in [-0.15, -0.1) is 0 Å². The van der Waals surface area contributed by atoms with Crippen LogP contribution in [0.2, 0.25) is 5.02 Å². The van der Waals surface area contributed by atoms with Crippen LogP contribution in [0.5, 0.6) is 5.75 Å². The number of hydrogen-bond acceptors (Lipinski definition) is 3. The van der Waals surface area contributed by atoms with Gasteiger partial charge in [0, 0.05) is 41.2 Å². The van der Waals surface area contributed by atoms with Crippen molar-refractivity contribution in [3.8, 4) is 5.75 Å². The molecule has 2 aromatic carbocycles. The zero-order chi connectivity index (χ0) is 16.9. The molecule has 1 fully saturated rings. The van der Waals surface area contributed by atoms with Crippen molar-refractivity contribution in [2.75, 3.05) is 32.8 Å². The number of halogens is 2. The predicted octanol–water partition coefficient (Wildman–Crippen LogP) is 4.50. The molecule has 0 bridgehead atoms. The van der Waals surface area contributed by atoms with E-state index in [0.29, 0.717) is 6.61 Å². The lowest BCUT2D eigenvalue weighted by Gasteiger charge is -2.36. The Balaban J connectivity index is 2.06. The number of nitrogens with zero attached hydrogens (tertiary/aromatic N) is 1. The normalized spacial score (nSPS) is 16.8. The van der Waals surface area contributed by atoms with Gasteiger partial charge in [0.05, 0.1) is 12.6 Å². The molecule has 1 saturated heterocycles. The molecule has 5 heteroatoms. The fourth-order valence-corrected chi connectivity index (χ4v) is 3.70. The highest BCUT2D eigenvalue weighted by Crippen LogP contribution is 2.37. The van der Waals surface area contributed by atoms with Crippen LogP contribution < -0.4 is 10.1 Å². The predicted molar refractivity (Wildman–Crippen MR) is 103 cm³/mol. The monoisotopic (exact) mass is 408 g/mol. The first-order valence-corrected chi connectivity index (χ1v) is 9.48. The first-order valence-electron chi connectivity index (χ1n) is 8.31. The van der Waals surface area contributed by atoms with E-state index in [1.165, 1.54) is 11.1 Å². The van der Waals surface area contributed by atoms with Crippen LogP contribution in [-0.2, 0) is 0 Å². The molecule has 2 aromatic rings. The number of nitrogens with one attached hydrogen (secondary N) is 1. The zero-order valence-electron chi connectivity index (χ0n) is 13.8. The molecule has 1 heterocycles. The van der Waals surface area contributed by atoms with Gasteiger partial charge >= 0.3 is 0 Å². The van der Waals surface area contributed by atoms with Crippen LogP contribution >= 0.6 is 27.5 Å². The highest BCUT2D eigenvalue weighted by atomic mass is 79.9. The van der Waals surface area contributed by atoms with Crippen LogP contribution in [0.4, 0.5) is 0 Å². The summed E-state index contributed by atoms with van der Waals surface area (Å²) in [5.74, 6) is 0.944. The van der Waals surface area contributed by atoms with Gasteiger partial charge in [-0.1, -0.05) is 39.7 Å². The molecule has 0 aromatic heterocycles. The van der Waals surface area contributed by atoms with Crippen molar-refractivity contribution in [1.82, 2.24) is 10.2 Å². The number of rotatable bonds is 5. The Morgan fingerprint density at radius 2 is 1.88 bits per heavy atom. The molecule has 3 rings (SSSR count). The highest BCUT2D eigenvalue weighted by molar-refractivity contribution is 9.10. The molecule has 0 radical (unpaired) electrons. The quantitative estimate of drug-likeness (QED) is 0.787. The Labute approximate surface area is 157 Å². The third-order valence-corrected chi connectivity index (χ3v) is 5.01. The molecule has 128 valence electrons. The van der Waals surface area contributed by atoms with Crippen LogP contribution in [0.15, 0.2) is 46.9 Å². The van der Waals surface area contributed by atoms with E-state index in [1.54, 1.807) is 0 Å². The Kier molecular flexibility index (Phi) is 6.17. The van der Waals surface area contributed by atoms with Gasteiger partial charge in [0.25, 0.3) is 0 Å². The van der Waals surface area contributed by atoms with Crippen molar-refractivity contribution < 1.29 is 4.74 Å². The molecule has 3 nitrogen and oxygen atoms in total. The first-order chi connectivity index (χ1) is 11.7. The summed E-state index contributed by atoms with van der Waals surface area (Å²) in [6.45, 7) is 6.69. The summed E-state index contributed by atoms with van der Waals surface area (Å²) in [7, 11) is 0. The third kappa shape index (κ3) is 4.12. The number of ether oxygens (including phenoxy) is 1. The number of benzene rings is 2. The Morgan fingerprint density at radius 3 is 2.54 bits per heavy atom. The molecule has 0 aliphatic carbocycles. The molecule has 1 N–H and O–H groups in total. The standard InChI is InChI=1S/C19H22BrClN2O/c1-2-24-18-8-5-15(20)13-17(18)19(23-11-9-22-10-12-23)14-3-6-16(21)7-4-14/h3-8,13,19,22H,2,9-12H2,1H3. The maximum Gasteiger partial charge on any atom is 0.124 e. The van der Waals surface area contributed by atoms with Gasteiger partial charge in [0.2, 0.25) is 0 Å². The minimum Gasteiger partial charge on any atom is -0.494 e. The van der Waals surface area contributed by atoms with Gasteiger partial charge < -0.3 is 10.1 Å². The van der Waals surface area contributed by atoms with Gasteiger partial charge in [-0.05, 0) is 42.8 Å². The molecular weight excluding hydrogens is 388 g/mol. The van der Waals surface area contributed by atoms with Crippen molar-refractivity contribution in [2.24, 2.45) is 0 Å². The summed E-state index contributed by atoms with van der Waals surface area (Å²) < 4.78 is 6.98. The molecule has 0 spiro atoms. The Bertz CT molecular complexity index is 672. The summed E-state index contributed by atoms with van der Waals surface area (Å²) in [6.07, 6.45) is 0. The molecule has 1 atom stereocenters. The van der Waals surface area contributed by atoms with Crippen molar-refractivity contribution in [2.45, 2.75) is 13.0 Å². The molecule has 1 aliphatic rings. The van der Waals surface area contributed by atoms with E-state index in [9.17, 15) is 0 Å². The summed E-state index contributed by atoms with van der Waals surface area (Å²) in [6, 6.07) is 14.6. The van der Waals surface area contributed by atoms with E-state index in [-0.39, 0.29) is 6.04 Å². The first kappa shape index (κ1) is 17.7. The Hall–Kier alpha value is -1.07. The van der Waals surface area contributed by atoms with E-state index in [1.807, 2.05) is 31.2 Å². The van der Waals surface area contributed by atoms with E-state index in [4.69, 9.17) is 16.3 Å². The molecule has 0 amide bonds. The largest absolute Gasteiger partial charge is 0.494 e. The minimum absolute atomic E-state index is 0.156. The van der Waals surface area contributed by atoms with E-state index in [2.05, 4.69) is 44.3 Å². The van der Waals surface area contributed by atoms with E-state index in [0.717, 1.165) is 41.4 Å². The van der Waals surface area contributed by atoms with Gasteiger partial charge in [0.15, 0.2) is 0 Å². The Morgan fingerprint density at radius 1 is 1.17 bits per heavy atom. The topological polar surface area (TPSA) is 24.5 Å². The molecule has 24 heavy (non-hydrogen) atoms. The van der Waals surface area contributed by atoms with Gasteiger partial charge in [-0.25, -0.2) is 0 Å². The summed E-state index contributed by atoms with van der Waals surface area (Å²) in [5.41, 5.74) is 2.43. The maximum absolute atomic E-state index is 6.10. The highest BCUT2D eigenvalue weighted by Gasteiger charge is 2.26. The van der Waals surface area contributed by atoms with Gasteiger partial charge in [-0.3, -0.25) is 4.90 Å². The molecule has 1 unspecified atom stereocenters. The second-order valence-electron chi connectivity index (χ2n) is 5.86. The van der Waals surface area contributed by atoms with Crippen LogP contribution in [0.1, 0.15) is 24.1 Å². The van der Waals surface area contributed by atoms with Crippen LogP contribution in [0, 0.1) is 0 Å². The minimum atomic E-state index is 0.156. The van der Waals surface area contributed by atoms with Crippen LogP contribution in [-0.4, -0.2) is 37.7 Å². The number of piperazine rings is 1. The lowest BCUT2D eigenvalue weighted by Crippen LogP contribution is -2.45. The lowest BCUT2D eigenvalue weighted by atomic mass is 9.95. The lowest BCUT2D eigenvalue weighted by molar-refractivity contribution is 0.194. The fraction of sp³-hybridized carbons (Fsp3) is 0.368. The van der Waals surface area contributed by atoms with Crippen LogP contribution in [0.25, 0.3) is 0 Å². The third-order valence-electron chi connectivity index (χ3n) is 4.27. The zero-order valence-corrected chi connectivity index (χ0v) is 16.1. The van der Waals surface area contributed by atoms with Crippen molar-refractivity contribution in [3.63, 3.8) is 0 Å². The van der Waals surface area contributed by atoms with Crippen LogP contribution in [0.3, 0.4) is 0 Å². The number of hydrogen-bond donors (Lipinski definition) is 1. The SMILES string of the molecule is CCOc1ccc(Br)cc1C(c1ccc(Cl)cc1)N1CCNCC1. The van der Waals surface area contributed by atoms with E-state index >= 15 is 0 Å². The van der Waals surface area contributed by atoms with Crippen molar-refractivity contribution >= 4 is 27.5 Å². The molecule has 0 saturated carbocycles. The van der Waals surface area contributed by atoms with Crippen molar-refractivity contribution in [1.29, 1.82) is 0 Å². The van der Waals surface area contributed by atoms with E-state index < -0.39 is 0 Å². The van der Waals surface area contributed by atoms with Gasteiger partial charge in [0.1, 0.15) is 5.75 Å². The molecular formula is C19H22BrClN2O. The molecule has 1 aliphatic heterocycles. The van der Waals surface area contributed by atoms with Gasteiger partial charge in [-0.2, -0.15) is 0 Å². The second kappa shape index (κ2) is 8.34. The fourth-order valence-electron chi connectivity index (χ4n) is 3.19. The summed E-state index contributed by atoms with van der Waals surface area (Å²) >= 11 is 9.71. The average Bonchev–Trinajstić information content (AvgIpc) is 2.60. The average molecular weight is 410 g/mol. The summed E-state index contributed by atoms with van der Waals surface area (Å²) in [4.78, 5) is 2.50. The smallest absolute Gasteiger partial charge is 0.124 e. The summed E-state index contributed by atoms with van der Waals surface area (Å²) in [5, 5.41) is 4.19. The second-order valence-corrected chi connectivity index (χ2v) is 7.21.